The first kappa shape index (κ1) is 27.1. The molecule has 0 amide bonds. The molecule has 0 unspecified atom stereocenters. The zero-order valence-corrected chi connectivity index (χ0v) is 23.4. The number of fused-ring (bicyclic) bond motifs is 8. The van der Waals surface area contributed by atoms with E-state index in [1.54, 1.807) is 24.3 Å². The highest BCUT2D eigenvalue weighted by molar-refractivity contribution is 7.89. The SMILES string of the molecule is O=c1c2ccccc2c(=O)c2c1ccc1[nH+]c3c(ccc4c(=O)c5c(Cl)c(S(=O)(=O)O)c(S(=O)(=O)O)cc5c(=O)c43)[nH+]c12. The Balaban J connectivity index is 1.69. The van der Waals surface area contributed by atoms with Gasteiger partial charge in [0.2, 0.25) is 10.9 Å². The van der Waals surface area contributed by atoms with Crippen molar-refractivity contribution in [1.29, 1.82) is 0 Å². The summed E-state index contributed by atoms with van der Waals surface area (Å²) in [6.45, 7) is 0. The molecule has 0 saturated carbocycles. The quantitative estimate of drug-likeness (QED) is 0.159. The predicted octanol–water partition coefficient (Wildman–Crippen LogP) is 1.70. The van der Waals surface area contributed by atoms with E-state index in [-0.39, 0.29) is 59.8 Å². The largest absolute Gasteiger partial charge is 0.297 e. The van der Waals surface area contributed by atoms with Gasteiger partial charge >= 0.3 is 0 Å². The fourth-order valence-electron chi connectivity index (χ4n) is 5.66. The van der Waals surface area contributed by atoms with E-state index >= 15 is 0 Å². The van der Waals surface area contributed by atoms with Crippen molar-refractivity contribution in [2.24, 2.45) is 0 Å². The van der Waals surface area contributed by atoms with Crippen LogP contribution in [0.25, 0.3) is 65.2 Å². The Hall–Kier alpha value is -4.73. The number of hydrogen-bond acceptors (Lipinski definition) is 8. The first-order valence-electron chi connectivity index (χ1n) is 12.2. The van der Waals surface area contributed by atoms with Crippen LogP contribution in [0.5, 0.6) is 0 Å². The normalized spacial score (nSPS) is 12.8. The van der Waals surface area contributed by atoms with Gasteiger partial charge in [0.15, 0.2) is 10.9 Å². The van der Waals surface area contributed by atoms with Crippen LogP contribution in [0.15, 0.2) is 83.6 Å². The summed E-state index contributed by atoms with van der Waals surface area (Å²) in [5.41, 5.74) is -1.84. The lowest BCUT2D eigenvalue weighted by molar-refractivity contribution is -0.359. The average molecular weight is 637 g/mol. The molecule has 0 spiro atoms. The highest BCUT2D eigenvalue weighted by atomic mass is 35.5. The van der Waals surface area contributed by atoms with Gasteiger partial charge in [-0.25, -0.2) is 0 Å². The predicted molar refractivity (Wildman–Crippen MR) is 157 cm³/mol. The Morgan fingerprint density at radius 1 is 0.558 bits per heavy atom. The molecule has 6 aromatic carbocycles. The molecule has 4 N–H and O–H groups in total. The fraction of sp³-hybridized carbons (Fsp3) is 0. The first-order valence-corrected chi connectivity index (χ1v) is 15.4. The molecule has 15 heteroatoms. The standard InChI is InChI=1S/C28H11ClN2O10S2/c29-21-18-14(9-17(42(36,37)38)28(21)43(39,40)41)27(35)20-13(26(18)34)6-8-16-23(20)31-15-7-5-12-19(22(15)30-16)25(33)11-4-2-1-3-10(11)24(12)32/h1-9H,(H,36,37,38)(H,39,40,41)/p+2. The second-order valence-corrected chi connectivity index (χ2v) is 13.0. The summed E-state index contributed by atoms with van der Waals surface area (Å²) in [5, 5.41) is -2.08. The number of aromatic nitrogens is 2. The van der Waals surface area contributed by atoms with Crippen LogP contribution in [-0.4, -0.2) is 25.9 Å². The van der Waals surface area contributed by atoms with Crippen LogP contribution in [-0.2, 0) is 20.2 Å². The van der Waals surface area contributed by atoms with Crippen molar-refractivity contribution in [1.82, 2.24) is 0 Å². The molecule has 7 rings (SSSR count). The van der Waals surface area contributed by atoms with Crippen LogP contribution in [0, 0.1) is 0 Å². The number of hydrogen-bond donors (Lipinski definition) is 2. The van der Waals surface area contributed by atoms with Gasteiger partial charge in [-0.1, -0.05) is 35.9 Å². The molecule has 0 saturated heterocycles. The van der Waals surface area contributed by atoms with E-state index in [1.165, 1.54) is 24.3 Å². The van der Waals surface area contributed by atoms with E-state index < -0.39 is 62.1 Å². The molecule has 1 heterocycles. The first-order chi connectivity index (χ1) is 20.2. The maximum atomic E-state index is 13.8. The number of H-pyrrole nitrogens is 2. The number of benzene rings is 6. The van der Waals surface area contributed by atoms with Gasteiger partial charge in [-0.3, -0.25) is 28.3 Å². The van der Waals surface area contributed by atoms with Gasteiger partial charge in [0.1, 0.15) is 20.6 Å². The highest BCUT2D eigenvalue weighted by Crippen LogP contribution is 2.35. The molecule has 0 bridgehead atoms. The van der Waals surface area contributed by atoms with Crippen LogP contribution in [0.2, 0.25) is 5.02 Å². The van der Waals surface area contributed by atoms with Gasteiger partial charge in [0, 0.05) is 39.1 Å². The third kappa shape index (κ3) is 3.68. The molecular formula is C28H13ClN2O10S2+2. The molecule has 212 valence electrons. The molecule has 0 radical (unpaired) electrons. The second kappa shape index (κ2) is 8.65. The van der Waals surface area contributed by atoms with Crippen molar-refractivity contribution in [2.75, 3.05) is 0 Å². The topological polar surface area (TPSA) is 205 Å². The van der Waals surface area contributed by atoms with Crippen LogP contribution in [0.1, 0.15) is 0 Å². The molecule has 0 atom stereocenters. The Morgan fingerprint density at radius 3 is 1.53 bits per heavy atom. The van der Waals surface area contributed by atoms with E-state index in [1.807, 2.05) is 0 Å². The number of rotatable bonds is 2. The summed E-state index contributed by atoms with van der Waals surface area (Å²) in [7, 11) is -10.8. The lowest BCUT2D eigenvalue weighted by Crippen LogP contribution is -2.24. The highest BCUT2D eigenvalue weighted by Gasteiger charge is 2.32. The minimum Gasteiger partial charge on any atom is -0.289 e. The lowest BCUT2D eigenvalue weighted by Gasteiger charge is -2.10. The van der Waals surface area contributed by atoms with Crippen LogP contribution in [0.3, 0.4) is 0 Å². The average Bonchev–Trinajstić information content (AvgIpc) is 2.95. The summed E-state index contributed by atoms with van der Waals surface area (Å²) in [4.78, 5) is 57.3. The van der Waals surface area contributed by atoms with Gasteiger partial charge < -0.3 is 0 Å². The molecule has 43 heavy (non-hydrogen) atoms. The molecule has 7 aromatic rings. The van der Waals surface area contributed by atoms with E-state index in [0.29, 0.717) is 6.07 Å². The smallest absolute Gasteiger partial charge is 0.289 e. The van der Waals surface area contributed by atoms with Gasteiger partial charge in [-0.15, -0.1) is 0 Å². The van der Waals surface area contributed by atoms with E-state index in [9.17, 15) is 45.1 Å². The molecular weight excluding hydrogens is 624 g/mol. The Kier molecular flexibility index (Phi) is 5.46. The second-order valence-electron chi connectivity index (χ2n) is 9.82. The van der Waals surface area contributed by atoms with Gasteiger partial charge in [-0.05, 0) is 18.2 Å². The maximum Gasteiger partial charge on any atom is 0.297 e. The zero-order valence-electron chi connectivity index (χ0n) is 21.1. The Bertz CT molecular complexity index is 2940. The molecule has 0 aliphatic carbocycles. The summed E-state index contributed by atoms with van der Waals surface area (Å²) in [6, 6.07) is 12.5. The third-order valence-electron chi connectivity index (χ3n) is 7.48. The van der Waals surface area contributed by atoms with Crippen molar-refractivity contribution in [3.05, 3.63) is 101 Å². The maximum absolute atomic E-state index is 13.8. The zero-order chi connectivity index (χ0) is 30.7. The lowest BCUT2D eigenvalue weighted by atomic mass is 9.99. The Labute approximate surface area is 242 Å². The third-order valence-corrected chi connectivity index (χ3v) is 9.92. The minimum absolute atomic E-state index is 0.0623. The fourth-order valence-corrected chi connectivity index (χ4v) is 8.18. The van der Waals surface area contributed by atoms with Crippen LogP contribution in [0.4, 0.5) is 0 Å². The van der Waals surface area contributed by atoms with Crippen molar-refractivity contribution in [2.45, 2.75) is 9.79 Å². The van der Waals surface area contributed by atoms with E-state index in [4.69, 9.17) is 11.6 Å². The monoisotopic (exact) mass is 636 g/mol. The summed E-state index contributed by atoms with van der Waals surface area (Å²) >= 11 is 6.11. The minimum atomic E-state index is -5.39. The number of nitrogens with one attached hydrogen (secondary N) is 2. The molecule has 0 aliphatic rings. The van der Waals surface area contributed by atoms with Crippen molar-refractivity contribution in [3.63, 3.8) is 0 Å². The summed E-state index contributed by atoms with van der Waals surface area (Å²) < 4.78 is 67.4. The van der Waals surface area contributed by atoms with Gasteiger partial charge in [0.25, 0.3) is 42.3 Å². The molecule has 0 aliphatic heterocycles. The van der Waals surface area contributed by atoms with E-state index in [0.717, 1.165) is 0 Å². The van der Waals surface area contributed by atoms with Crippen LogP contribution >= 0.6 is 11.6 Å². The molecule has 12 nitrogen and oxygen atoms in total. The van der Waals surface area contributed by atoms with Crippen molar-refractivity contribution in [3.8, 4) is 0 Å². The number of halogens is 1. The van der Waals surface area contributed by atoms with E-state index in [2.05, 4.69) is 9.97 Å². The number of aromatic amines is 2. The molecule has 0 fully saturated rings. The van der Waals surface area contributed by atoms with Gasteiger partial charge in [0.05, 0.1) is 10.4 Å². The summed E-state index contributed by atoms with van der Waals surface area (Å²) in [6.07, 6.45) is 0. The van der Waals surface area contributed by atoms with Crippen molar-refractivity contribution >= 4 is 97.0 Å². The Morgan fingerprint density at radius 2 is 1.02 bits per heavy atom. The van der Waals surface area contributed by atoms with Crippen LogP contribution < -0.4 is 31.7 Å². The summed E-state index contributed by atoms with van der Waals surface area (Å²) in [5.74, 6) is 0. The van der Waals surface area contributed by atoms with Gasteiger partial charge in [-0.2, -0.15) is 26.8 Å². The molecule has 1 aromatic heterocycles. The van der Waals surface area contributed by atoms with Crippen molar-refractivity contribution < 1.29 is 35.9 Å².